The molecule has 0 heterocycles. The number of hydrogen-bond donors (Lipinski definition) is 1. The van der Waals surface area contributed by atoms with Crippen molar-refractivity contribution in [2.75, 3.05) is 6.54 Å². The molecule has 0 aliphatic heterocycles. The van der Waals surface area contributed by atoms with Crippen molar-refractivity contribution in [2.24, 2.45) is 5.92 Å². The number of hydrogen-bond acceptors (Lipinski definition) is 2. The number of nitrogens with one attached hydrogen (secondary N) is 1. The van der Waals surface area contributed by atoms with Crippen molar-refractivity contribution >= 4 is 0 Å². The lowest BCUT2D eigenvalue weighted by atomic mass is 9.90. The van der Waals surface area contributed by atoms with Gasteiger partial charge in [0.05, 0.1) is 6.07 Å². The molecule has 2 atom stereocenters. The van der Waals surface area contributed by atoms with E-state index in [9.17, 15) is 5.26 Å². The van der Waals surface area contributed by atoms with Crippen LogP contribution in [-0.4, -0.2) is 12.1 Å². The van der Waals surface area contributed by atoms with Gasteiger partial charge in [0, 0.05) is 0 Å². The lowest BCUT2D eigenvalue weighted by Gasteiger charge is -2.26. The molecule has 2 heteroatoms. The molecule has 1 saturated carbocycles. The summed E-state index contributed by atoms with van der Waals surface area (Å²) in [5, 5.41) is 12.8. The molecule has 86 valence electrons. The van der Waals surface area contributed by atoms with Crippen LogP contribution < -0.4 is 5.32 Å². The molecular weight excluding hydrogens is 184 g/mol. The van der Waals surface area contributed by atoms with Crippen LogP contribution in [0.2, 0.25) is 0 Å². The molecule has 1 N–H and O–H groups in total. The zero-order valence-electron chi connectivity index (χ0n) is 10.2. The summed E-state index contributed by atoms with van der Waals surface area (Å²) in [6.07, 6.45) is 8.22. The van der Waals surface area contributed by atoms with Gasteiger partial charge < -0.3 is 0 Å². The maximum absolute atomic E-state index is 9.34. The summed E-state index contributed by atoms with van der Waals surface area (Å²) in [5.74, 6) is 0.851. The van der Waals surface area contributed by atoms with Gasteiger partial charge in [0.2, 0.25) is 0 Å². The van der Waals surface area contributed by atoms with Crippen LogP contribution in [0.4, 0.5) is 0 Å². The summed E-state index contributed by atoms with van der Waals surface area (Å²) >= 11 is 0. The third-order valence-corrected chi connectivity index (χ3v) is 3.70. The van der Waals surface area contributed by atoms with Crippen LogP contribution in [0, 0.1) is 17.2 Å². The Labute approximate surface area is 94.1 Å². The predicted molar refractivity (Wildman–Crippen MR) is 63.5 cm³/mol. The van der Waals surface area contributed by atoms with Crippen molar-refractivity contribution in [1.82, 2.24) is 5.32 Å². The third kappa shape index (κ3) is 3.50. The van der Waals surface area contributed by atoms with Crippen LogP contribution in [0.15, 0.2) is 0 Å². The maximum atomic E-state index is 9.34. The Balaban J connectivity index is 2.54. The topological polar surface area (TPSA) is 35.8 Å². The molecule has 1 aliphatic carbocycles. The van der Waals surface area contributed by atoms with E-state index in [-0.39, 0.29) is 5.54 Å². The van der Waals surface area contributed by atoms with Crippen LogP contribution in [-0.2, 0) is 0 Å². The molecule has 2 nitrogen and oxygen atoms in total. The van der Waals surface area contributed by atoms with Gasteiger partial charge >= 0.3 is 0 Å². The largest absolute Gasteiger partial charge is 0.299 e. The SMILES string of the molecule is CCCNC1(C#N)CCCC(CC)CC1. The predicted octanol–water partition coefficient (Wildman–Crippen LogP) is 3.24. The summed E-state index contributed by atoms with van der Waals surface area (Å²) in [6, 6.07) is 2.53. The monoisotopic (exact) mass is 208 g/mol. The van der Waals surface area contributed by atoms with E-state index in [0.29, 0.717) is 0 Å². The first-order valence-corrected chi connectivity index (χ1v) is 6.42. The van der Waals surface area contributed by atoms with Crippen molar-refractivity contribution in [3.63, 3.8) is 0 Å². The van der Waals surface area contributed by atoms with Crippen molar-refractivity contribution in [2.45, 2.75) is 64.3 Å². The molecule has 1 aliphatic rings. The molecular formula is C13H24N2. The molecule has 1 rings (SSSR count). The van der Waals surface area contributed by atoms with Gasteiger partial charge in [-0.05, 0) is 38.1 Å². The van der Waals surface area contributed by atoms with E-state index in [2.05, 4.69) is 25.2 Å². The van der Waals surface area contributed by atoms with Crippen LogP contribution in [0.3, 0.4) is 0 Å². The summed E-state index contributed by atoms with van der Waals surface area (Å²) in [7, 11) is 0. The van der Waals surface area contributed by atoms with Crippen LogP contribution in [0.5, 0.6) is 0 Å². The maximum Gasteiger partial charge on any atom is 0.106 e. The average Bonchev–Trinajstić information content (AvgIpc) is 2.49. The second kappa shape index (κ2) is 6.12. The highest BCUT2D eigenvalue weighted by molar-refractivity contribution is 5.07. The van der Waals surface area contributed by atoms with E-state index in [1.165, 1.54) is 25.7 Å². The van der Waals surface area contributed by atoms with Gasteiger partial charge in [0.1, 0.15) is 5.54 Å². The first kappa shape index (κ1) is 12.5. The molecule has 0 radical (unpaired) electrons. The van der Waals surface area contributed by atoms with Gasteiger partial charge in [-0.3, -0.25) is 5.32 Å². The van der Waals surface area contributed by atoms with Gasteiger partial charge in [-0.25, -0.2) is 0 Å². The van der Waals surface area contributed by atoms with Crippen molar-refractivity contribution in [1.29, 1.82) is 5.26 Å². The summed E-state index contributed by atoms with van der Waals surface area (Å²) in [6.45, 7) is 5.40. The average molecular weight is 208 g/mol. The Morgan fingerprint density at radius 2 is 2.13 bits per heavy atom. The zero-order chi connectivity index (χ0) is 11.1. The highest BCUT2D eigenvalue weighted by Gasteiger charge is 2.31. The number of nitrogens with zero attached hydrogens (tertiary/aromatic N) is 1. The van der Waals surface area contributed by atoms with E-state index in [1.54, 1.807) is 0 Å². The summed E-state index contributed by atoms with van der Waals surface area (Å²) < 4.78 is 0. The smallest absolute Gasteiger partial charge is 0.106 e. The minimum Gasteiger partial charge on any atom is -0.299 e. The quantitative estimate of drug-likeness (QED) is 0.720. The molecule has 0 saturated heterocycles. The fraction of sp³-hybridized carbons (Fsp3) is 0.923. The fourth-order valence-corrected chi connectivity index (χ4v) is 2.51. The van der Waals surface area contributed by atoms with Gasteiger partial charge in [-0.2, -0.15) is 5.26 Å². The normalized spacial score (nSPS) is 31.9. The Kier molecular flexibility index (Phi) is 5.11. The van der Waals surface area contributed by atoms with Crippen LogP contribution in [0.25, 0.3) is 0 Å². The van der Waals surface area contributed by atoms with Crippen molar-refractivity contribution in [3.05, 3.63) is 0 Å². The summed E-state index contributed by atoms with van der Waals surface area (Å²) in [5.41, 5.74) is -0.208. The van der Waals surface area contributed by atoms with Crippen LogP contribution >= 0.6 is 0 Å². The molecule has 0 amide bonds. The van der Waals surface area contributed by atoms with Gasteiger partial charge in [-0.15, -0.1) is 0 Å². The minimum absolute atomic E-state index is 0.208. The number of nitriles is 1. The Morgan fingerprint density at radius 1 is 1.33 bits per heavy atom. The molecule has 0 aromatic carbocycles. The van der Waals surface area contributed by atoms with Gasteiger partial charge in [0.15, 0.2) is 0 Å². The third-order valence-electron chi connectivity index (χ3n) is 3.70. The molecule has 0 aromatic heterocycles. The molecule has 0 spiro atoms. The van der Waals surface area contributed by atoms with E-state index >= 15 is 0 Å². The van der Waals surface area contributed by atoms with E-state index in [4.69, 9.17) is 0 Å². The molecule has 15 heavy (non-hydrogen) atoms. The van der Waals surface area contributed by atoms with Crippen molar-refractivity contribution in [3.8, 4) is 6.07 Å². The Morgan fingerprint density at radius 3 is 2.73 bits per heavy atom. The second-order valence-electron chi connectivity index (χ2n) is 4.83. The molecule has 1 fully saturated rings. The highest BCUT2D eigenvalue weighted by Crippen LogP contribution is 2.31. The highest BCUT2D eigenvalue weighted by atomic mass is 15.0. The standard InChI is InChI=1S/C13H24N2/c1-3-10-15-13(11-14)8-5-6-12(4-2)7-9-13/h12,15H,3-10H2,1-2H3. The molecule has 0 aromatic rings. The van der Waals surface area contributed by atoms with Gasteiger partial charge in [-0.1, -0.05) is 33.1 Å². The first-order chi connectivity index (χ1) is 7.26. The van der Waals surface area contributed by atoms with E-state index in [1.807, 2.05) is 0 Å². The van der Waals surface area contributed by atoms with E-state index < -0.39 is 0 Å². The minimum atomic E-state index is -0.208. The second-order valence-corrected chi connectivity index (χ2v) is 4.83. The van der Waals surface area contributed by atoms with E-state index in [0.717, 1.165) is 31.7 Å². The lowest BCUT2D eigenvalue weighted by Crippen LogP contribution is -2.43. The zero-order valence-corrected chi connectivity index (χ0v) is 10.2. The van der Waals surface area contributed by atoms with Crippen molar-refractivity contribution < 1.29 is 0 Å². The molecule has 2 unspecified atom stereocenters. The first-order valence-electron chi connectivity index (χ1n) is 6.42. The number of rotatable bonds is 4. The Bertz CT molecular complexity index is 219. The van der Waals surface area contributed by atoms with Crippen LogP contribution in [0.1, 0.15) is 58.8 Å². The lowest BCUT2D eigenvalue weighted by molar-refractivity contribution is 0.357. The van der Waals surface area contributed by atoms with Gasteiger partial charge in [0.25, 0.3) is 0 Å². The Hall–Kier alpha value is -0.550. The molecule has 0 bridgehead atoms. The summed E-state index contributed by atoms with van der Waals surface area (Å²) in [4.78, 5) is 0. The fourth-order valence-electron chi connectivity index (χ4n) is 2.51.